The van der Waals surface area contributed by atoms with Crippen LogP contribution < -0.4 is 0 Å². The molecule has 26 heavy (non-hydrogen) atoms. The van der Waals surface area contributed by atoms with Gasteiger partial charge in [0.05, 0.1) is 18.3 Å². The highest BCUT2D eigenvalue weighted by atomic mass is 16.5. The van der Waals surface area contributed by atoms with Gasteiger partial charge in [0.1, 0.15) is 0 Å². The number of hydrogen-bond acceptors (Lipinski definition) is 3. The summed E-state index contributed by atoms with van der Waals surface area (Å²) in [6.07, 6.45) is 8.29. The quantitative estimate of drug-likeness (QED) is 0.430. The largest absolute Gasteiger partial charge is 0.462 e. The number of carbonyl (C=O) groups excluding carboxylic acids is 1. The summed E-state index contributed by atoms with van der Waals surface area (Å²) in [6.45, 7) is 2.53. The number of allylic oxidation sites excluding steroid dienone is 1. The smallest absolute Gasteiger partial charge is 0.338 e. The predicted octanol–water partition coefficient (Wildman–Crippen LogP) is 5.30. The summed E-state index contributed by atoms with van der Waals surface area (Å²) in [6, 6.07) is 17.7. The highest BCUT2D eigenvalue weighted by molar-refractivity contribution is 5.89. The molecule has 0 amide bonds. The fraction of sp³-hybridized carbons (Fsp3) is 0.348. The zero-order valence-electron chi connectivity index (χ0n) is 15.7. The molecule has 0 heterocycles. The third-order valence-electron chi connectivity index (χ3n) is 4.26. The van der Waals surface area contributed by atoms with Crippen LogP contribution in [0.3, 0.4) is 0 Å². The number of esters is 1. The third-order valence-corrected chi connectivity index (χ3v) is 4.26. The number of ether oxygens (including phenoxy) is 2. The van der Waals surface area contributed by atoms with E-state index in [0.717, 1.165) is 25.7 Å². The van der Waals surface area contributed by atoms with Gasteiger partial charge in [-0.2, -0.15) is 0 Å². The summed E-state index contributed by atoms with van der Waals surface area (Å²) >= 11 is 0. The molecule has 138 valence electrons. The molecule has 1 atom stereocenters. The van der Waals surface area contributed by atoms with Crippen molar-refractivity contribution in [1.29, 1.82) is 0 Å². The van der Waals surface area contributed by atoms with Crippen LogP contribution in [-0.2, 0) is 15.9 Å². The second kappa shape index (κ2) is 11.3. The first-order chi connectivity index (χ1) is 12.7. The van der Waals surface area contributed by atoms with Gasteiger partial charge in [0.2, 0.25) is 0 Å². The van der Waals surface area contributed by atoms with Crippen LogP contribution in [0, 0.1) is 0 Å². The van der Waals surface area contributed by atoms with Gasteiger partial charge in [0.25, 0.3) is 0 Å². The van der Waals surface area contributed by atoms with Crippen LogP contribution in [-0.4, -0.2) is 25.8 Å². The zero-order chi connectivity index (χ0) is 18.6. The lowest BCUT2D eigenvalue weighted by atomic mass is 10.0. The average molecular weight is 352 g/mol. The second-order valence-corrected chi connectivity index (χ2v) is 6.38. The molecule has 0 N–H and O–H groups in total. The van der Waals surface area contributed by atoms with Crippen molar-refractivity contribution in [3.8, 4) is 0 Å². The maximum absolute atomic E-state index is 11.8. The summed E-state index contributed by atoms with van der Waals surface area (Å²) in [5.41, 5.74) is 3.13. The van der Waals surface area contributed by atoms with Gasteiger partial charge in [-0.25, -0.2) is 4.79 Å². The fourth-order valence-electron chi connectivity index (χ4n) is 2.58. The standard InChI is InChI=1S/C23H28O3/c1-19(25-2)15-16-21-12-9-11-20(18-21)10-5-4-8-17-26-23(24)22-13-6-3-7-14-22/h3,5-7,9-14,18-19H,4,8,15-17H2,1-2H3. The highest BCUT2D eigenvalue weighted by Gasteiger charge is 2.04. The first kappa shape index (κ1) is 19.9. The van der Waals surface area contributed by atoms with E-state index >= 15 is 0 Å². The maximum Gasteiger partial charge on any atom is 0.338 e. The summed E-state index contributed by atoms with van der Waals surface area (Å²) < 4.78 is 10.6. The predicted molar refractivity (Wildman–Crippen MR) is 106 cm³/mol. The minimum atomic E-state index is -0.257. The first-order valence-corrected chi connectivity index (χ1v) is 9.19. The molecule has 0 saturated heterocycles. The summed E-state index contributed by atoms with van der Waals surface area (Å²) in [7, 11) is 1.75. The Hall–Kier alpha value is -2.39. The molecule has 0 radical (unpaired) electrons. The van der Waals surface area contributed by atoms with Gasteiger partial charge in [-0.3, -0.25) is 0 Å². The van der Waals surface area contributed by atoms with Crippen molar-refractivity contribution in [1.82, 2.24) is 0 Å². The number of carbonyl (C=O) groups is 1. The molecule has 0 aliphatic heterocycles. The maximum atomic E-state index is 11.8. The number of hydrogen-bond donors (Lipinski definition) is 0. The van der Waals surface area contributed by atoms with Gasteiger partial charge in [0, 0.05) is 7.11 Å². The number of unbranched alkanes of at least 4 members (excludes halogenated alkanes) is 1. The number of methoxy groups -OCH3 is 1. The molecule has 3 nitrogen and oxygen atoms in total. The lowest BCUT2D eigenvalue weighted by Crippen LogP contribution is -2.05. The van der Waals surface area contributed by atoms with Crippen LogP contribution in [0.1, 0.15) is 47.7 Å². The molecular formula is C23H28O3. The molecular weight excluding hydrogens is 324 g/mol. The van der Waals surface area contributed by atoms with Crippen LogP contribution in [0.25, 0.3) is 6.08 Å². The minimum Gasteiger partial charge on any atom is -0.462 e. The van der Waals surface area contributed by atoms with Crippen LogP contribution in [0.5, 0.6) is 0 Å². The molecule has 0 spiro atoms. The molecule has 0 saturated carbocycles. The van der Waals surface area contributed by atoms with Crippen molar-refractivity contribution in [3.05, 3.63) is 77.4 Å². The molecule has 0 bridgehead atoms. The van der Waals surface area contributed by atoms with E-state index in [4.69, 9.17) is 9.47 Å². The lowest BCUT2D eigenvalue weighted by molar-refractivity contribution is 0.0501. The Balaban J connectivity index is 1.69. The van der Waals surface area contributed by atoms with Gasteiger partial charge in [-0.15, -0.1) is 0 Å². The monoisotopic (exact) mass is 352 g/mol. The van der Waals surface area contributed by atoms with E-state index in [1.54, 1.807) is 19.2 Å². The SMILES string of the molecule is COC(C)CCc1cccc(C=CCCCOC(=O)c2ccccc2)c1. The van der Waals surface area contributed by atoms with E-state index in [0.29, 0.717) is 12.2 Å². The van der Waals surface area contributed by atoms with Crippen molar-refractivity contribution in [2.24, 2.45) is 0 Å². The molecule has 2 aromatic rings. The Morgan fingerprint density at radius 1 is 1.12 bits per heavy atom. The molecule has 0 aliphatic carbocycles. The van der Waals surface area contributed by atoms with Gasteiger partial charge in [-0.1, -0.05) is 54.6 Å². The van der Waals surface area contributed by atoms with Crippen LogP contribution in [0.4, 0.5) is 0 Å². The summed E-state index contributed by atoms with van der Waals surface area (Å²) in [4.78, 5) is 11.8. The van der Waals surface area contributed by atoms with E-state index in [2.05, 4.69) is 43.3 Å². The van der Waals surface area contributed by atoms with E-state index in [1.165, 1.54) is 11.1 Å². The number of benzene rings is 2. The van der Waals surface area contributed by atoms with Crippen molar-refractivity contribution in [2.45, 2.75) is 38.7 Å². The molecule has 1 unspecified atom stereocenters. The average Bonchev–Trinajstić information content (AvgIpc) is 2.69. The Bertz CT molecular complexity index is 692. The van der Waals surface area contributed by atoms with E-state index < -0.39 is 0 Å². The van der Waals surface area contributed by atoms with Gasteiger partial charge < -0.3 is 9.47 Å². The van der Waals surface area contributed by atoms with Crippen LogP contribution in [0.15, 0.2) is 60.7 Å². The minimum absolute atomic E-state index is 0.257. The zero-order valence-corrected chi connectivity index (χ0v) is 15.7. The van der Waals surface area contributed by atoms with Crippen molar-refractivity contribution in [2.75, 3.05) is 13.7 Å². The normalized spacial score (nSPS) is 12.2. The molecule has 0 fully saturated rings. The van der Waals surface area contributed by atoms with Crippen molar-refractivity contribution >= 4 is 12.0 Å². The topological polar surface area (TPSA) is 35.5 Å². The summed E-state index contributed by atoms with van der Waals surface area (Å²) in [5.74, 6) is -0.257. The first-order valence-electron chi connectivity index (χ1n) is 9.19. The second-order valence-electron chi connectivity index (χ2n) is 6.38. The lowest BCUT2D eigenvalue weighted by Gasteiger charge is -2.09. The van der Waals surface area contributed by atoms with Gasteiger partial charge in [-0.05, 0) is 55.9 Å². The highest BCUT2D eigenvalue weighted by Crippen LogP contribution is 2.12. The number of rotatable bonds is 10. The van der Waals surface area contributed by atoms with Crippen LogP contribution >= 0.6 is 0 Å². The van der Waals surface area contributed by atoms with Gasteiger partial charge >= 0.3 is 5.97 Å². The van der Waals surface area contributed by atoms with Crippen molar-refractivity contribution in [3.63, 3.8) is 0 Å². The van der Waals surface area contributed by atoms with E-state index in [9.17, 15) is 4.79 Å². The van der Waals surface area contributed by atoms with E-state index in [-0.39, 0.29) is 12.1 Å². The van der Waals surface area contributed by atoms with E-state index in [1.807, 2.05) is 18.2 Å². The third kappa shape index (κ3) is 7.24. The Kier molecular flexibility index (Phi) is 8.64. The Morgan fingerprint density at radius 2 is 1.92 bits per heavy atom. The summed E-state index contributed by atoms with van der Waals surface area (Å²) in [5, 5.41) is 0. The molecule has 3 heteroatoms. The molecule has 2 rings (SSSR count). The molecule has 2 aromatic carbocycles. The van der Waals surface area contributed by atoms with Gasteiger partial charge in [0.15, 0.2) is 0 Å². The fourth-order valence-corrected chi connectivity index (χ4v) is 2.58. The van der Waals surface area contributed by atoms with Crippen molar-refractivity contribution < 1.29 is 14.3 Å². The van der Waals surface area contributed by atoms with Crippen LogP contribution in [0.2, 0.25) is 0 Å². The number of aryl methyl sites for hydroxylation is 1. The molecule has 0 aliphatic rings. The molecule has 0 aromatic heterocycles. The Morgan fingerprint density at radius 3 is 2.69 bits per heavy atom. The Labute approximate surface area is 156 Å².